The number of hydrogen-bond acceptors (Lipinski definition) is 7. The lowest BCUT2D eigenvalue weighted by Crippen LogP contribution is -2.56. The van der Waals surface area contributed by atoms with Gasteiger partial charge >= 0.3 is 0 Å². The SMILES string of the molecule is CCCCCCCCCCCCCCC(=S)O[C@@H]1[C@@H](O)[C@H](OC(=S)CCCCCCCCCCCCCC)CO[C@H]1CO. The number of rotatable bonds is 29. The predicted molar refractivity (Wildman–Crippen MR) is 189 cm³/mol. The number of thiocarbonyl (C=S) groups is 2. The number of unbranched alkanes of at least 4 members (excludes halogenated alkanes) is 22. The first-order valence-electron chi connectivity index (χ1n) is 18.3. The summed E-state index contributed by atoms with van der Waals surface area (Å²) in [6.45, 7) is 4.47. The standard InChI is InChI=1S/C36H68O5S2/c1-3-5-7-9-11-13-15-17-19-21-23-25-27-33(42)40-32-30-39-31(29-37)36(35(32)38)41-34(43)28-26-24-22-20-18-16-14-12-10-8-6-4-2/h31-32,35-38H,3-30H2,1-2H3/t31-,32+,35-,36-/m0/s1. The summed E-state index contributed by atoms with van der Waals surface area (Å²) in [5, 5.41) is 21.8. The predicted octanol–water partition coefficient (Wildman–Crippen LogP) is 10.3. The second-order valence-electron chi connectivity index (χ2n) is 12.8. The van der Waals surface area contributed by atoms with Gasteiger partial charge in [0.25, 0.3) is 0 Å². The van der Waals surface area contributed by atoms with E-state index in [1.807, 2.05) is 0 Å². The van der Waals surface area contributed by atoms with Crippen LogP contribution in [0.5, 0.6) is 0 Å². The number of hydrogen-bond donors (Lipinski definition) is 2. The molecule has 43 heavy (non-hydrogen) atoms. The van der Waals surface area contributed by atoms with Crippen molar-refractivity contribution in [2.24, 2.45) is 0 Å². The number of ether oxygens (including phenoxy) is 3. The molecule has 0 unspecified atom stereocenters. The van der Waals surface area contributed by atoms with Crippen LogP contribution in [0.25, 0.3) is 0 Å². The number of aliphatic hydroxyl groups excluding tert-OH is 2. The van der Waals surface area contributed by atoms with E-state index in [0.29, 0.717) is 22.9 Å². The van der Waals surface area contributed by atoms with Crippen LogP contribution < -0.4 is 0 Å². The maximum atomic E-state index is 11.0. The summed E-state index contributed by atoms with van der Waals surface area (Å²) in [7, 11) is 0. The van der Waals surface area contributed by atoms with E-state index in [1.54, 1.807) is 0 Å². The monoisotopic (exact) mass is 644 g/mol. The highest BCUT2D eigenvalue weighted by molar-refractivity contribution is 7.80. The average Bonchev–Trinajstić information content (AvgIpc) is 3.00. The first kappa shape index (κ1) is 40.7. The summed E-state index contributed by atoms with van der Waals surface area (Å²) in [5.74, 6) is 0. The van der Waals surface area contributed by atoms with E-state index in [4.69, 9.17) is 38.6 Å². The van der Waals surface area contributed by atoms with Crippen LogP contribution in [0.4, 0.5) is 0 Å². The fourth-order valence-electron chi connectivity index (χ4n) is 5.91. The molecule has 4 atom stereocenters. The molecule has 0 radical (unpaired) electrons. The van der Waals surface area contributed by atoms with Crippen molar-refractivity contribution in [2.75, 3.05) is 13.2 Å². The lowest BCUT2D eigenvalue weighted by Gasteiger charge is -2.39. The molecule has 1 aliphatic rings. The van der Waals surface area contributed by atoms with Gasteiger partial charge in [0.15, 0.2) is 22.3 Å². The Bertz CT molecular complexity index is 662. The Morgan fingerprint density at radius 1 is 0.581 bits per heavy atom. The largest absolute Gasteiger partial charge is 0.479 e. The van der Waals surface area contributed by atoms with Gasteiger partial charge in [0.2, 0.25) is 0 Å². The van der Waals surface area contributed by atoms with E-state index in [1.165, 1.54) is 128 Å². The van der Waals surface area contributed by atoms with E-state index in [2.05, 4.69) is 13.8 Å². The Kier molecular flexibility index (Phi) is 27.5. The Morgan fingerprint density at radius 2 is 0.930 bits per heavy atom. The fraction of sp³-hybridized carbons (Fsp3) is 0.944. The minimum atomic E-state index is -0.953. The van der Waals surface area contributed by atoms with Gasteiger partial charge < -0.3 is 24.4 Å². The van der Waals surface area contributed by atoms with Crippen molar-refractivity contribution in [3.05, 3.63) is 0 Å². The summed E-state index contributed by atoms with van der Waals surface area (Å²) in [6.07, 6.45) is 29.6. The van der Waals surface area contributed by atoms with Gasteiger partial charge in [0, 0.05) is 12.8 Å². The molecule has 0 bridgehead atoms. The zero-order valence-corrected chi connectivity index (χ0v) is 29.7. The summed E-state index contributed by atoms with van der Waals surface area (Å²) < 4.78 is 17.7. The highest BCUT2D eigenvalue weighted by Gasteiger charge is 2.42. The van der Waals surface area contributed by atoms with Crippen LogP contribution >= 0.6 is 24.4 Å². The third-order valence-corrected chi connectivity index (χ3v) is 9.36. The van der Waals surface area contributed by atoms with Crippen molar-refractivity contribution in [1.29, 1.82) is 0 Å². The van der Waals surface area contributed by atoms with Crippen molar-refractivity contribution in [3.8, 4) is 0 Å². The molecular formula is C36H68O5S2. The van der Waals surface area contributed by atoms with Crippen LogP contribution in [0.3, 0.4) is 0 Å². The fourth-order valence-corrected chi connectivity index (χ4v) is 6.43. The van der Waals surface area contributed by atoms with Crippen molar-refractivity contribution < 1.29 is 24.4 Å². The van der Waals surface area contributed by atoms with E-state index < -0.39 is 24.4 Å². The Labute approximate surface area is 276 Å². The second kappa shape index (κ2) is 29.1. The van der Waals surface area contributed by atoms with Crippen molar-refractivity contribution >= 4 is 34.5 Å². The molecular weight excluding hydrogens is 577 g/mol. The van der Waals surface area contributed by atoms with Gasteiger partial charge in [-0.2, -0.15) is 0 Å². The molecule has 1 saturated heterocycles. The third-order valence-electron chi connectivity index (χ3n) is 8.76. The molecule has 0 saturated carbocycles. The van der Waals surface area contributed by atoms with Gasteiger partial charge in [-0.25, -0.2) is 0 Å². The van der Waals surface area contributed by atoms with Crippen LogP contribution in [-0.2, 0) is 14.2 Å². The first-order valence-corrected chi connectivity index (χ1v) is 19.1. The molecule has 1 fully saturated rings. The smallest absolute Gasteiger partial charge is 0.160 e. The average molecular weight is 645 g/mol. The summed E-state index contributed by atoms with van der Waals surface area (Å²) in [4.78, 5) is 0. The van der Waals surface area contributed by atoms with Crippen molar-refractivity contribution in [3.63, 3.8) is 0 Å². The molecule has 0 amide bonds. The lowest BCUT2D eigenvalue weighted by atomic mass is 10.00. The van der Waals surface area contributed by atoms with Gasteiger partial charge in [-0.05, 0) is 37.3 Å². The molecule has 0 aromatic carbocycles. The molecule has 0 aliphatic carbocycles. The number of aliphatic hydroxyl groups is 2. The van der Waals surface area contributed by atoms with Crippen LogP contribution in [-0.4, -0.2) is 57.9 Å². The molecule has 1 aliphatic heterocycles. The normalized spacial score (nSPS) is 20.3. The van der Waals surface area contributed by atoms with E-state index in [-0.39, 0.29) is 13.2 Å². The van der Waals surface area contributed by atoms with Crippen LogP contribution in [0, 0.1) is 0 Å². The van der Waals surface area contributed by atoms with Crippen molar-refractivity contribution in [1.82, 2.24) is 0 Å². The van der Waals surface area contributed by atoms with Gasteiger partial charge in [-0.1, -0.05) is 155 Å². The second-order valence-corrected chi connectivity index (χ2v) is 13.7. The maximum absolute atomic E-state index is 11.0. The van der Waals surface area contributed by atoms with E-state index in [9.17, 15) is 10.2 Å². The molecule has 0 spiro atoms. The molecule has 0 aromatic heterocycles. The van der Waals surface area contributed by atoms with Gasteiger partial charge in [0.05, 0.1) is 13.2 Å². The van der Waals surface area contributed by atoms with E-state index >= 15 is 0 Å². The highest BCUT2D eigenvalue weighted by Crippen LogP contribution is 2.23. The van der Waals surface area contributed by atoms with E-state index in [0.717, 1.165) is 25.7 Å². The summed E-state index contributed by atoms with van der Waals surface area (Å²) in [6, 6.07) is 0. The molecule has 5 nitrogen and oxygen atoms in total. The van der Waals surface area contributed by atoms with Crippen LogP contribution in [0.1, 0.15) is 181 Å². The van der Waals surface area contributed by atoms with Gasteiger partial charge in [-0.3, -0.25) is 0 Å². The minimum absolute atomic E-state index is 0.177. The van der Waals surface area contributed by atoms with Crippen molar-refractivity contribution in [2.45, 2.75) is 205 Å². The maximum Gasteiger partial charge on any atom is 0.160 e. The molecule has 2 N–H and O–H groups in total. The third kappa shape index (κ3) is 21.9. The molecule has 1 rings (SSSR count). The first-order chi connectivity index (χ1) is 21.0. The molecule has 254 valence electrons. The molecule has 7 heteroatoms. The molecule has 1 heterocycles. The minimum Gasteiger partial charge on any atom is -0.479 e. The summed E-state index contributed by atoms with van der Waals surface area (Å²) in [5.41, 5.74) is 0. The zero-order chi connectivity index (χ0) is 31.4. The van der Waals surface area contributed by atoms with Gasteiger partial charge in [-0.15, -0.1) is 0 Å². The highest BCUT2D eigenvalue weighted by atomic mass is 32.1. The Hall–Kier alpha value is -0.340. The molecule has 0 aromatic rings. The van der Waals surface area contributed by atoms with Crippen LogP contribution in [0.2, 0.25) is 0 Å². The van der Waals surface area contributed by atoms with Crippen LogP contribution in [0.15, 0.2) is 0 Å². The lowest BCUT2D eigenvalue weighted by molar-refractivity contribution is -0.186. The quantitative estimate of drug-likeness (QED) is 0.0620. The zero-order valence-electron chi connectivity index (χ0n) is 28.0. The Balaban J connectivity index is 2.15. The van der Waals surface area contributed by atoms with Gasteiger partial charge in [0.1, 0.15) is 12.2 Å². The topological polar surface area (TPSA) is 68.2 Å². The Morgan fingerprint density at radius 3 is 1.30 bits per heavy atom. The summed E-state index contributed by atoms with van der Waals surface area (Å²) >= 11 is 11.0.